The number of aliphatic hydroxyl groups is 1. The zero-order valence-corrected chi connectivity index (χ0v) is 20.7. The molecule has 3 aliphatic heterocycles. The Labute approximate surface area is 206 Å². The van der Waals surface area contributed by atoms with Crippen molar-refractivity contribution in [3.8, 4) is 0 Å². The summed E-state index contributed by atoms with van der Waals surface area (Å²) in [4.78, 5) is 41.5. The van der Waals surface area contributed by atoms with E-state index >= 15 is 0 Å². The lowest BCUT2D eigenvalue weighted by molar-refractivity contribution is -0.154. The normalized spacial score (nSPS) is 32.2. The van der Waals surface area contributed by atoms with Crippen molar-refractivity contribution in [3.05, 3.63) is 29.3 Å². The number of nitrogens with one attached hydrogen (secondary N) is 1. The van der Waals surface area contributed by atoms with Crippen LogP contribution in [0.2, 0.25) is 5.02 Å². The number of esters is 1. The molecule has 3 saturated heterocycles. The lowest BCUT2D eigenvalue weighted by Crippen LogP contribution is -2.54. The quantitative estimate of drug-likeness (QED) is 0.282. The summed E-state index contributed by atoms with van der Waals surface area (Å²) in [6.07, 6.45) is 1.84. The van der Waals surface area contributed by atoms with Crippen molar-refractivity contribution in [1.82, 2.24) is 4.90 Å². The van der Waals surface area contributed by atoms with Crippen LogP contribution in [-0.4, -0.2) is 70.1 Å². The molecule has 180 valence electrons. The van der Waals surface area contributed by atoms with Crippen LogP contribution in [0.1, 0.15) is 32.6 Å². The molecule has 4 rings (SSSR count). The Hall–Kier alpha value is -1.68. The predicted molar refractivity (Wildman–Crippen MR) is 125 cm³/mol. The number of fused-ring (bicyclic) bond motifs is 1. The number of hydrogen-bond acceptors (Lipinski definition) is 6. The lowest BCUT2D eigenvalue weighted by Gasteiger charge is -2.34. The third kappa shape index (κ3) is 4.17. The second kappa shape index (κ2) is 9.90. The molecule has 1 aromatic carbocycles. The Morgan fingerprint density at radius 3 is 2.79 bits per heavy atom. The highest BCUT2D eigenvalue weighted by Gasteiger charge is 2.76. The molecule has 0 aliphatic carbocycles. The van der Waals surface area contributed by atoms with Crippen LogP contribution in [0.25, 0.3) is 0 Å². The number of anilines is 1. The predicted octanol–water partition coefficient (Wildman–Crippen LogP) is 2.75. The van der Waals surface area contributed by atoms with Gasteiger partial charge >= 0.3 is 5.97 Å². The standard InChI is InChI=1S/C23H28BrClN2O6/c1-2-32-22(31)16-17-21(30)27(10-6-3-7-11-28)19(23(17)12-13(24)18(16)33-23)20(29)26-15-9-5-4-8-14(15)25/h4-5,8-9,13,16-19,28H,2-3,6-7,10-12H2,1H3,(H,26,29)/t13?,16-,17+,18-,19-,23+/m1/s1. The molecule has 3 fully saturated rings. The monoisotopic (exact) mass is 542 g/mol. The van der Waals surface area contributed by atoms with Crippen molar-refractivity contribution in [2.24, 2.45) is 11.8 Å². The number of amides is 2. The van der Waals surface area contributed by atoms with Gasteiger partial charge in [0.2, 0.25) is 11.8 Å². The highest BCUT2D eigenvalue weighted by atomic mass is 79.9. The number of nitrogens with zero attached hydrogens (tertiary/aromatic N) is 1. The molecule has 33 heavy (non-hydrogen) atoms. The van der Waals surface area contributed by atoms with Crippen molar-refractivity contribution >= 4 is 51.0 Å². The van der Waals surface area contributed by atoms with E-state index in [0.29, 0.717) is 42.9 Å². The highest BCUT2D eigenvalue weighted by molar-refractivity contribution is 9.09. The van der Waals surface area contributed by atoms with Crippen LogP contribution < -0.4 is 5.32 Å². The number of carbonyl (C=O) groups excluding carboxylic acids is 3. The minimum atomic E-state index is -1.13. The zero-order valence-electron chi connectivity index (χ0n) is 18.3. The summed E-state index contributed by atoms with van der Waals surface area (Å²) in [5, 5.41) is 12.3. The van der Waals surface area contributed by atoms with Crippen molar-refractivity contribution in [2.45, 2.75) is 55.2 Å². The number of halogens is 2. The molecular formula is C23H28BrClN2O6. The summed E-state index contributed by atoms with van der Waals surface area (Å²) in [5.74, 6) is -2.69. The Morgan fingerprint density at radius 1 is 1.33 bits per heavy atom. The Morgan fingerprint density at radius 2 is 2.09 bits per heavy atom. The molecule has 1 spiro atoms. The van der Waals surface area contributed by atoms with E-state index in [0.717, 1.165) is 0 Å². The molecule has 1 unspecified atom stereocenters. The van der Waals surface area contributed by atoms with E-state index < -0.39 is 41.5 Å². The van der Waals surface area contributed by atoms with E-state index in [9.17, 15) is 14.4 Å². The number of carbonyl (C=O) groups is 3. The van der Waals surface area contributed by atoms with Crippen LogP contribution >= 0.6 is 27.5 Å². The second-order valence-electron chi connectivity index (χ2n) is 8.70. The minimum Gasteiger partial charge on any atom is -0.466 e. The Bertz CT molecular complexity index is 932. The fourth-order valence-corrected chi connectivity index (χ4v) is 6.64. The van der Waals surface area contributed by atoms with E-state index in [4.69, 9.17) is 26.2 Å². The van der Waals surface area contributed by atoms with Crippen LogP contribution in [0, 0.1) is 11.8 Å². The van der Waals surface area contributed by atoms with Crippen LogP contribution in [0.5, 0.6) is 0 Å². The maximum Gasteiger partial charge on any atom is 0.312 e. The van der Waals surface area contributed by atoms with Gasteiger partial charge in [-0.05, 0) is 44.7 Å². The number of hydrogen-bond donors (Lipinski definition) is 2. The number of likely N-dealkylation sites (tertiary alicyclic amines) is 1. The van der Waals surface area contributed by atoms with Gasteiger partial charge in [0.05, 0.1) is 35.3 Å². The second-order valence-corrected chi connectivity index (χ2v) is 10.3. The first-order chi connectivity index (χ1) is 15.9. The van der Waals surface area contributed by atoms with Gasteiger partial charge < -0.3 is 24.8 Å². The van der Waals surface area contributed by atoms with E-state index in [1.165, 1.54) is 0 Å². The van der Waals surface area contributed by atoms with Gasteiger partial charge in [-0.25, -0.2) is 0 Å². The first-order valence-corrected chi connectivity index (χ1v) is 12.6. The molecular weight excluding hydrogens is 516 g/mol. The van der Waals surface area contributed by atoms with Gasteiger partial charge in [0, 0.05) is 18.0 Å². The van der Waals surface area contributed by atoms with Gasteiger partial charge in [0.1, 0.15) is 11.6 Å². The number of unbranched alkanes of at least 4 members (excludes halogenated alkanes) is 2. The summed E-state index contributed by atoms with van der Waals surface area (Å²) in [6, 6.07) is 5.98. The van der Waals surface area contributed by atoms with Gasteiger partial charge in [-0.2, -0.15) is 0 Å². The van der Waals surface area contributed by atoms with Crippen LogP contribution in [-0.2, 0) is 23.9 Å². The van der Waals surface area contributed by atoms with Gasteiger partial charge in [-0.15, -0.1) is 0 Å². The molecule has 2 bridgehead atoms. The summed E-state index contributed by atoms with van der Waals surface area (Å²) in [6.45, 7) is 2.31. The number of benzene rings is 1. The Kier molecular flexibility index (Phi) is 7.33. The average molecular weight is 544 g/mol. The topological polar surface area (TPSA) is 105 Å². The SMILES string of the molecule is CCOC(=O)[C@H]1[C@@H]2O[C@@]3(CC2Br)[C@@H]1C(=O)N(CCCCCO)[C@@H]3C(=O)Nc1ccccc1Cl. The molecule has 0 aromatic heterocycles. The van der Waals surface area contributed by atoms with Crippen molar-refractivity contribution in [1.29, 1.82) is 0 Å². The molecule has 6 atom stereocenters. The van der Waals surface area contributed by atoms with E-state index in [1.54, 1.807) is 36.1 Å². The summed E-state index contributed by atoms with van der Waals surface area (Å²) >= 11 is 9.86. The molecule has 2 N–H and O–H groups in total. The third-order valence-corrected chi connectivity index (χ3v) is 7.96. The maximum atomic E-state index is 13.7. The van der Waals surface area contributed by atoms with Gasteiger partial charge in [0.25, 0.3) is 0 Å². The van der Waals surface area contributed by atoms with E-state index in [1.807, 2.05) is 0 Å². The van der Waals surface area contributed by atoms with Crippen molar-refractivity contribution in [2.75, 3.05) is 25.1 Å². The number of para-hydroxylation sites is 1. The Balaban J connectivity index is 1.68. The highest BCUT2D eigenvalue weighted by Crippen LogP contribution is 2.60. The number of aliphatic hydroxyl groups excluding tert-OH is 1. The van der Waals surface area contributed by atoms with Crippen LogP contribution in [0.3, 0.4) is 0 Å². The van der Waals surface area contributed by atoms with E-state index in [-0.39, 0.29) is 23.9 Å². The third-order valence-electron chi connectivity index (χ3n) is 6.79. The summed E-state index contributed by atoms with van der Waals surface area (Å²) in [7, 11) is 0. The average Bonchev–Trinajstić information content (AvgIpc) is 3.36. The molecule has 3 heterocycles. The molecule has 1 aromatic rings. The molecule has 10 heteroatoms. The first kappa shape index (κ1) is 24.4. The molecule has 8 nitrogen and oxygen atoms in total. The van der Waals surface area contributed by atoms with Crippen molar-refractivity contribution in [3.63, 3.8) is 0 Å². The smallest absolute Gasteiger partial charge is 0.312 e. The van der Waals surface area contributed by atoms with Crippen LogP contribution in [0.15, 0.2) is 24.3 Å². The molecule has 0 radical (unpaired) electrons. The summed E-state index contributed by atoms with van der Waals surface area (Å²) < 4.78 is 11.6. The van der Waals surface area contributed by atoms with Gasteiger partial charge in [-0.1, -0.05) is 39.7 Å². The zero-order chi connectivity index (χ0) is 23.8. The van der Waals surface area contributed by atoms with Gasteiger partial charge in [0.15, 0.2) is 0 Å². The fourth-order valence-electron chi connectivity index (χ4n) is 5.51. The lowest BCUT2D eigenvalue weighted by atomic mass is 9.70. The van der Waals surface area contributed by atoms with Crippen LogP contribution in [0.4, 0.5) is 5.69 Å². The largest absolute Gasteiger partial charge is 0.466 e. The fraction of sp³-hybridized carbons (Fsp3) is 0.609. The summed E-state index contributed by atoms with van der Waals surface area (Å²) in [5.41, 5.74) is -0.683. The number of rotatable bonds is 9. The molecule has 0 saturated carbocycles. The number of ether oxygens (including phenoxy) is 2. The first-order valence-electron chi connectivity index (χ1n) is 11.3. The van der Waals surface area contributed by atoms with E-state index in [2.05, 4.69) is 21.2 Å². The minimum absolute atomic E-state index is 0.0674. The molecule has 3 aliphatic rings. The van der Waals surface area contributed by atoms with Crippen molar-refractivity contribution < 1.29 is 29.0 Å². The maximum absolute atomic E-state index is 13.7. The number of alkyl halides is 1. The van der Waals surface area contributed by atoms with Gasteiger partial charge in [-0.3, -0.25) is 14.4 Å². The molecule has 2 amide bonds.